The number of fused-ring (bicyclic) bond motifs is 1. The molecule has 2 aromatic carbocycles. The van der Waals surface area contributed by atoms with Crippen molar-refractivity contribution in [1.82, 2.24) is 0 Å². The van der Waals surface area contributed by atoms with Crippen LogP contribution in [0.15, 0.2) is 36.4 Å². The van der Waals surface area contributed by atoms with Gasteiger partial charge in [-0.1, -0.05) is 13.8 Å². The van der Waals surface area contributed by atoms with Crippen LogP contribution in [-0.4, -0.2) is 10.7 Å². The Bertz CT molecular complexity index is 831. The molecule has 1 aliphatic carbocycles. The highest BCUT2D eigenvalue weighted by atomic mass is 19.1. The molecule has 0 saturated carbocycles. The van der Waals surface area contributed by atoms with E-state index < -0.39 is 16.2 Å². The van der Waals surface area contributed by atoms with Crippen LogP contribution in [0.2, 0.25) is 0 Å². The third-order valence-corrected chi connectivity index (χ3v) is 4.03. The Morgan fingerprint density at radius 1 is 1.22 bits per heavy atom. The third-order valence-electron chi connectivity index (χ3n) is 4.03. The molecule has 1 N–H and O–H groups in total. The highest BCUT2D eigenvalue weighted by Crippen LogP contribution is 2.38. The maximum Gasteiger partial charge on any atom is 0.295 e. The number of nitrogens with zero attached hydrogens (tertiary/aromatic N) is 1. The number of halogens is 1. The normalized spacial score (nSPS) is 15.3. The Kier molecular flexibility index (Phi) is 3.39. The van der Waals surface area contributed by atoms with E-state index >= 15 is 0 Å². The third kappa shape index (κ3) is 2.67. The van der Waals surface area contributed by atoms with Crippen molar-refractivity contribution in [3.63, 3.8) is 0 Å². The van der Waals surface area contributed by atoms with Crippen LogP contribution in [0.4, 0.5) is 21.5 Å². The number of nitrogens with one attached hydrogen (secondary N) is 1. The molecular weight excluding hydrogens is 299 g/mol. The van der Waals surface area contributed by atoms with Gasteiger partial charge in [-0.15, -0.1) is 0 Å². The summed E-state index contributed by atoms with van der Waals surface area (Å²) in [7, 11) is 0. The predicted octanol–water partition coefficient (Wildman–Crippen LogP) is 4.24. The molecule has 0 spiro atoms. The molecular formula is C17H15FN2O3. The van der Waals surface area contributed by atoms with Gasteiger partial charge in [-0.2, -0.15) is 0 Å². The highest BCUT2D eigenvalue weighted by Gasteiger charge is 2.37. The Balaban J connectivity index is 1.95. The van der Waals surface area contributed by atoms with Crippen molar-refractivity contribution in [2.24, 2.45) is 5.41 Å². The van der Waals surface area contributed by atoms with Gasteiger partial charge in [-0.3, -0.25) is 14.9 Å². The summed E-state index contributed by atoms with van der Waals surface area (Å²) in [5.41, 5.74) is 1.68. The lowest BCUT2D eigenvalue weighted by atomic mass is 9.89. The average Bonchev–Trinajstić information content (AvgIpc) is 2.70. The summed E-state index contributed by atoms with van der Waals surface area (Å²) in [4.78, 5) is 22.6. The molecule has 118 valence electrons. The standard InChI is InChI=1S/C17H15FN2O3/c1-17(2)9-10-7-12(4-5-13(10)16(17)21)19-14-6-3-11(18)8-15(14)20(22)23/h3-8,19H,9H2,1-2H3. The highest BCUT2D eigenvalue weighted by molar-refractivity contribution is 6.04. The number of hydrogen-bond donors (Lipinski definition) is 1. The molecule has 0 bridgehead atoms. The van der Waals surface area contributed by atoms with Gasteiger partial charge in [-0.05, 0) is 42.3 Å². The van der Waals surface area contributed by atoms with Crippen LogP contribution >= 0.6 is 0 Å². The van der Waals surface area contributed by atoms with Gasteiger partial charge in [0.1, 0.15) is 11.5 Å². The fraction of sp³-hybridized carbons (Fsp3) is 0.235. The average molecular weight is 314 g/mol. The van der Waals surface area contributed by atoms with Gasteiger partial charge in [-0.25, -0.2) is 4.39 Å². The van der Waals surface area contributed by atoms with E-state index in [4.69, 9.17) is 0 Å². The topological polar surface area (TPSA) is 72.2 Å². The molecule has 6 heteroatoms. The summed E-state index contributed by atoms with van der Waals surface area (Å²) in [5, 5.41) is 14.0. The lowest BCUT2D eigenvalue weighted by molar-refractivity contribution is -0.384. The summed E-state index contributed by atoms with van der Waals surface area (Å²) in [5.74, 6) is -0.560. The maximum absolute atomic E-state index is 13.2. The Morgan fingerprint density at radius 3 is 2.65 bits per heavy atom. The van der Waals surface area contributed by atoms with Gasteiger partial charge in [0, 0.05) is 16.7 Å². The number of hydrogen-bond acceptors (Lipinski definition) is 4. The molecule has 0 heterocycles. The number of nitro groups is 1. The summed E-state index contributed by atoms with van der Waals surface area (Å²) < 4.78 is 13.2. The summed E-state index contributed by atoms with van der Waals surface area (Å²) in [6.07, 6.45) is 0.627. The van der Waals surface area contributed by atoms with Crippen LogP contribution in [0.3, 0.4) is 0 Å². The zero-order chi connectivity index (χ0) is 16.8. The lowest BCUT2D eigenvalue weighted by Crippen LogP contribution is -2.18. The molecule has 2 aromatic rings. The van der Waals surface area contributed by atoms with Crippen molar-refractivity contribution in [3.05, 3.63) is 63.5 Å². The number of benzene rings is 2. The van der Waals surface area contributed by atoms with Gasteiger partial charge in [0.25, 0.3) is 5.69 Å². The molecule has 0 radical (unpaired) electrons. The number of ketones is 1. The number of nitro benzene ring substituents is 1. The number of Topliss-reactive ketones (excluding diaryl/α,β-unsaturated/α-hetero) is 1. The van der Waals surface area contributed by atoms with Crippen molar-refractivity contribution in [1.29, 1.82) is 0 Å². The first-order valence-electron chi connectivity index (χ1n) is 7.17. The molecule has 0 atom stereocenters. The molecule has 0 amide bonds. The van der Waals surface area contributed by atoms with Gasteiger partial charge >= 0.3 is 0 Å². The van der Waals surface area contributed by atoms with E-state index in [-0.39, 0.29) is 17.2 Å². The van der Waals surface area contributed by atoms with Crippen LogP contribution in [0.1, 0.15) is 29.8 Å². The predicted molar refractivity (Wildman–Crippen MR) is 84.6 cm³/mol. The Hall–Kier alpha value is -2.76. The van der Waals surface area contributed by atoms with E-state index in [1.165, 1.54) is 6.07 Å². The zero-order valence-corrected chi connectivity index (χ0v) is 12.7. The second-order valence-electron chi connectivity index (χ2n) is 6.31. The van der Waals surface area contributed by atoms with Crippen molar-refractivity contribution >= 4 is 22.8 Å². The fourth-order valence-corrected chi connectivity index (χ4v) is 2.88. The van der Waals surface area contributed by atoms with Crippen LogP contribution in [0.25, 0.3) is 0 Å². The molecule has 0 aliphatic heterocycles. The largest absolute Gasteiger partial charge is 0.350 e. The van der Waals surface area contributed by atoms with Crippen LogP contribution in [0.5, 0.6) is 0 Å². The molecule has 3 rings (SSSR count). The molecule has 23 heavy (non-hydrogen) atoms. The molecule has 1 aliphatic rings. The first-order chi connectivity index (χ1) is 10.8. The van der Waals surface area contributed by atoms with E-state index in [2.05, 4.69) is 5.32 Å². The van der Waals surface area contributed by atoms with E-state index in [9.17, 15) is 19.3 Å². The van der Waals surface area contributed by atoms with E-state index in [0.717, 1.165) is 17.7 Å². The molecule has 0 unspecified atom stereocenters. The quantitative estimate of drug-likeness (QED) is 0.679. The van der Waals surface area contributed by atoms with Gasteiger partial charge in [0.15, 0.2) is 5.78 Å². The monoisotopic (exact) mass is 314 g/mol. The van der Waals surface area contributed by atoms with Crippen molar-refractivity contribution in [2.45, 2.75) is 20.3 Å². The van der Waals surface area contributed by atoms with Crippen LogP contribution in [0, 0.1) is 21.3 Å². The minimum atomic E-state index is -0.663. The van der Waals surface area contributed by atoms with E-state index in [0.29, 0.717) is 17.7 Å². The minimum Gasteiger partial charge on any atom is -0.350 e. The Labute approximate surface area is 132 Å². The summed E-state index contributed by atoms with van der Waals surface area (Å²) in [6, 6.07) is 8.61. The van der Waals surface area contributed by atoms with Gasteiger partial charge < -0.3 is 5.32 Å². The number of rotatable bonds is 3. The number of anilines is 2. The first kappa shape index (κ1) is 15.1. The van der Waals surface area contributed by atoms with E-state index in [1.54, 1.807) is 12.1 Å². The van der Waals surface area contributed by atoms with Crippen molar-refractivity contribution in [2.75, 3.05) is 5.32 Å². The van der Waals surface area contributed by atoms with Gasteiger partial charge in [0.05, 0.1) is 11.0 Å². The lowest BCUT2D eigenvalue weighted by Gasteiger charge is -2.13. The number of carbonyl (C=O) groups excluding carboxylic acids is 1. The molecule has 5 nitrogen and oxygen atoms in total. The van der Waals surface area contributed by atoms with Gasteiger partial charge in [0.2, 0.25) is 0 Å². The summed E-state index contributed by atoms with van der Waals surface area (Å²) >= 11 is 0. The first-order valence-corrected chi connectivity index (χ1v) is 7.17. The van der Waals surface area contributed by atoms with E-state index in [1.807, 2.05) is 19.9 Å². The fourth-order valence-electron chi connectivity index (χ4n) is 2.88. The Morgan fingerprint density at radius 2 is 1.96 bits per heavy atom. The smallest absolute Gasteiger partial charge is 0.295 e. The van der Waals surface area contributed by atoms with Crippen molar-refractivity contribution in [3.8, 4) is 0 Å². The SMILES string of the molecule is CC1(C)Cc2cc(Nc3ccc(F)cc3[N+](=O)[O-])ccc2C1=O. The maximum atomic E-state index is 13.2. The zero-order valence-electron chi connectivity index (χ0n) is 12.7. The minimum absolute atomic E-state index is 0.104. The molecule has 0 fully saturated rings. The summed E-state index contributed by atoms with van der Waals surface area (Å²) in [6.45, 7) is 3.79. The molecule has 0 saturated heterocycles. The molecule has 0 aromatic heterocycles. The number of carbonyl (C=O) groups is 1. The van der Waals surface area contributed by atoms with Crippen molar-refractivity contribution < 1.29 is 14.1 Å². The van der Waals surface area contributed by atoms with Crippen LogP contribution < -0.4 is 5.32 Å². The second-order valence-corrected chi connectivity index (χ2v) is 6.31. The second kappa shape index (κ2) is 5.15. The van der Waals surface area contributed by atoms with Crippen LogP contribution in [-0.2, 0) is 6.42 Å².